The molecule has 204 valence electrons. The molecule has 37 heavy (non-hydrogen) atoms. The van der Waals surface area contributed by atoms with Gasteiger partial charge in [-0.15, -0.1) is 0 Å². The van der Waals surface area contributed by atoms with E-state index in [2.05, 4.69) is 5.32 Å². The molecule has 7 nitrogen and oxygen atoms in total. The molecule has 2 amide bonds. The molecule has 0 unspecified atom stereocenters. The fraction of sp³-hybridized carbons (Fsp3) is 0.417. The van der Waals surface area contributed by atoms with Crippen LogP contribution in [0.25, 0.3) is 0 Å². The van der Waals surface area contributed by atoms with Gasteiger partial charge in [0.05, 0.1) is 22.5 Å². The van der Waals surface area contributed by atoms with Crippen molar-refractivity contribution in [3.05, 3.63) is 63.6 Å². The molecule has 2 aromatic rings. The minimum atomic E-state index is -4.84. The number of amides is 2. The molecular formula is C24H28Cl2F3N3O4S. The minimum absolute atomic E-state index is 0.0895. The lowest BCUT2D eigenvalue weighted by Gasteiger charge is -2.31. The second kappa shape index (κ2) is 12.8. The van der Waals surface area contributed by atoms with E-state index in [1.807, 2.05) is 6.92 Å². The first-order chi connectivity index (χ1) is 17.1. The van der Waals surface area contributed by atoms with Crippen LogP contribution in [-0.4, -0.2) is 50.5 Å². The summed E-state index contributed by atoms with van der Waals surface area (Å²) in [7, 11) is -4.21. The van der Waals surface area contributed by atoms with Gasteiger partial charge in [0, 0.05) is 18.1 Å². The third-order valence-electron chi connectivity index (χ3n) is 5.46. The molecule has 0 spiro atoms. The quantitative estimate of drug-likeness (QED) is 0.373. The smallest absolute Gasteiger partial charge is 0.354 e. The van der Waals surface area contributed by atoms with Gasteiger partial charge < -0.3 is 10.2 Å². The Labute approximate surface area is 224 Å². The lowest BCUT2D eigenvalue weighted by atomic mass is 10.1. The summed E-state index contributed by atoms with van der Waals surface area (Å²) in [6.07, 6.45) is -2.51. The standard InChI is InChI=1S/C24H28Cl2F3N3O4S/c1-4-5-11-30-23(34)16(2)31(14-17-7-6-8-18(25)12-17)22(33)15-32(37(3,35)36)19-9-10-21(26)20(13-19)24(27,28)29/h6-10,12-13,16H,4-5,11,14-15H2,1-3H3,(H,30,34)/t16-/m0/s1. The second-order valence-corrected chi connectivity index (χ2v) is 11.2. The number of sulfonamides is 1. The summed E-state index contributed by atoms with van der Waals surface area (Å²) in [6, 6.07) is 8.09. The van der Waals surface area contributed by atoms with Crippen LogP contribution in [0.3, 0.4) is 0 Å². The van der Waals surface area contributed by atoms with Crippen molar-refractivity contribution in [2.75, 3.05) is 23.7 Å². The van der Waals surface area contributed by atoms with E-state index in [0.29, 0.717) is 27.5 Å². The Morgan fingerprint density at radius 1 is 1.11 bits per heavy atom. The number of hydrogen-bond donors (Lipinski definition) is 1. The molecule has 1 N–H and O–H groups in total. The maximum absolute atomic E-state index is 13.4. The Morgan fingerprint density at radius 3 is 2.35 bits per heavy atom. The molecule has 0 saturated carbocycles. The highest BCUT2D eigenvalue weighted by Crippen LogP contribution is 2.37. The van der Waals surface area contributed by atoms with E-state index in [9.17, 15) is 31.2 Å². The Morgan fingerprint density at radius 2 is 1.78 bits per heavy atom. The van der Waals surface area contributed by atoms with Crippen molar-refractivity contribution < 1.29 is 31.2 Å². The molecule has 0 aliphatic heterocycles. The van der Waals surface area contributed by atoms with Gasteiger partial charge in [-0.3, -0.25) is 13.9 Å². The number of hydrogen-bond acceptors (Lipinski definition) is 4. The minimum Gasteiger partial charge on any atom is -0.354 e. The normalized spacial score (nSPS) is 12.6. The average Bonchev–Trinajstić information content (AvgIpc) is 2.79. The van der Waals surface area contributed by atoms with Crippen LogP contribution < -0.4 is 9.62 Å². The predicted molar refractivity (Wildman–Crippen MR) is 138 cm³/mol. The van der Waals surface area contributed by atoms with Gasteiger partial charge in [0.1, 0.15) is 12.6 Å². The SMILES string of the molecule is CCCCNC(=O)[C@H](C)N(Cc1cccc(Cl)c1)C(=O)CN(c1ccc(Cl)c(C(F)(F)F)c1)S(C)(=O)=O. The van der Waals surface area contributed by atoms with Crippen LogP contribution in [0.15, 0.2) is 42.5 Å². The first-order valence-electron chi connectivity index (χ1n) is 11.3. The summed E-state index contributed by atoms with van der Waals surface area (Å²) in [5, 5.41) is 2.51. The summed E-state index contributed by atoms with van der Waals surface area (Å²) in [4.78, 5) is 27.4. The maximum Gasteiger partial charge on any atom is 0.417 e. The highest BCUT2D eigenvalue weighted by Gasteiger charge is 2.35. The second-order valence-electron chi connectivity index (χ2n) is 8.40. The monoisotopic (exact) mass is 581 g/mol. The molecule has 0 aromatic heterocycles. The molecule has 13 heteroatoms. The lowest BCUT2D eigenvalue weighted by Crippen LogP contribution is -2.51. The van der Waals surface area contributed by atoms with Crippen LogP contribution in [0.2, 0.25) is 10.0 Å². The molecule has 1 atom stereocenters. The van der Waals surface area contributed by atoms with Gasteiger partial charge in [0.15, 0.2) is 0 Å². The third-order valence-corrected chi connectivity index (χ3v) is 7.17. The van der Waals surface area contributed by atoms with E-state index in [1.165, 1.54) is 6.92 Å². The fourth-order valence-electron chi connectivity index (χ4n) is 3.45. The Kier molecular flexibility index (Phi) is 10.7. The van der Waals surface area contributed by atoms with Crippen LogP contribution in [0.5, 0.6) is 0 Å². The summed E-state index contributed by atoms with van der Waals surface area (Å²) in [5.41, 5.74) is -1.06. The van der Waals surface area contributed by atoms with Gasteiger partial charge in [0.2, 0.25) is 21.8 Å². The number of rotatable bonds is 11. The van der Waals surface area contributed by atoms with Crippen molar-refractivity contribution in [2.45, 2.75) is 45.5 Å². The zero-order valence-electron chi connectivity index (χ0n) is 20.5. The highest BCUT2D eigenvalue weighted by atomic mass is 35.5. The number of alkyl halides is 3. The maximum atomic E-state index is 13.4. The molecule has 0 bridgehead atoms. The zero-order valence-corrected chi connectivity index (χ0v) is 22.8. The number of carbonyl (C=O) groups excluding carboxylic acids is 2. The van der Waals surface area contributed by atoms with E-state index >= 15 is 0 Å². The van der Waals surface area contributed by atoms with Crippen molar-refractivity contribution in [1.29, 1.82) is 0 Å². The van der Waals surface area contributed by atoms with E-state index in [0.717, 1.165) is 36.1 Å². The van der Waals surface area contributed by atoms with Gasteiger partial charge >= 0.3 is 6.18 Å². The van der Waals surface area contributed by atoms with Gasteiger partial charge in [-0.2, -0.15) is 13.2 Å². The number of halogens is 5. The number of carbonyl (C=O) groups is 2. The lowest BCUT2D eigenvalue weighted by molar-refractivity contribution is -0.139. The largest absolute Gasteiger partial charge is 0.417 e. The number of nitrogens with zero attached hydrogens (tertiary/aromatic N) is 2. The van der Waals surface area contributed by atoms with Crippen molar-refractivity contribution in [3.8, 4) is 0 Å². The van der Waals surface area contributed by atoms with Crippen molar-refractivity contribution in [1.82, 2.24) is 10.2 Å². The van der Waals surface area contributed by atoms with Crippen LogP contribution >= 0.6 is 23.2 Å². The van der Waals surface area contributed by atoms with Gasteiger partial charge in [-0.05, 0) is 49.2 Å². The summed E-state index contributed by atoms with van der Waals surface area (Å²) in [5.74, 6) is -1.26. The van der Waals surface area contributed by atoms with Crippen LogP contribution in [0, 0.1) is 0 Å². The third kappa shape index (κ3) is 8.79. The van der Waals surface area contributed by atoms with E-state index in [4.69, 9.17) is 23.2 Å². The Hall–Kier alpha value is -2.50. The summed E-state index contributed by atoms with van der Waals surface area (Å²) in [6.45, 7) is 2.89. The molecular weight excluding hydrogens is 554 g/mol. The van der Waals surface area contributed by atoms with Crippen LogP contribution in [-0.2, 0) is 32.3 Å². The molecule has 2 rings (SSSR count). The number of benzene rings is 2. The van der Waals surface area contributed by atoms with Crippen molar-refractivity contribution in [2.24, 2.45) is 0 Å². The highest BCUT2D eigenvalue weighted by molar-refractivity contribution is 7.92. The van der Waals surface area contributed by atoms with Crippen LogP contribution in [0.4, 0.5) is 18.9 Å². The number of nitrogens with one attached hydrogen (secondary N) is 1. The number of unbranched alkanes of at least 4 members (excludes halogenated alkanes) is 1. The number of anilines is 1. The molecule has 0 radical (unpaired) electrons. The molecule has 0 saturated heterocycles. The molecule has 0 fully saturated rings. The molecule has 0 heterocycles. The van der Waals surface area contributed by atoms with E-state index in [1.54, 1.807) is 24.3 Å². The first-order valence-corrected chi connectivity index (χ1v) is 13.9. The van der Waals surface area contributed by atoms with Gasteiger partial charge in [-0.25, -0.2) is 8.42 Å². The topological polar surface area (TPSA) is 86.8 Å². The zero-order chi connectivity index (χ0) is 28.0. The van der Waals surface area contributed by atoms with E-state index in [-0.39, 0.29) is 6.54 Å². The average molecular weight is 582 g/mol. The van der Waals surface area contributed by atoms with Gasteiger partial charge in [0.25, 0.3) is 0 Å². The Balaban J connectivity index is 2.44. The first kappa shape index (κ1) is 30.7. The fourth-order valence-corrected chi connectivity index (χ4v) is 4.73. The van der Waals surface area contributed by atoms with E-state index < -0.39 is 56.9 Å². The van der Waals surface area contributed by atoms with Crippen molar-refractivity contribution >= 4 is 50.7 Å². The van der Waals surface area contributed by atoms with Gasteiger partial charge in [-0.1, -0.05) is 48.7 Å². The van der Waals surface area contributed by atoms with Crippen molar-refractivity contribution in [3.63, 3.8) is 0 Å². The summed E-state index contributed by atoms with van der Waals surface area (Å²) < 4.78 is 65.9. The Bertz CT molecular complexity index is 1230. The molecule has 2 aromatic carbocycles. The molecule has 0 aliphatic carbocycles. The summed E-state index contributed by atoms with van der Waals surface area (Å²) >= 11 is 11.7. The van der Waals surface area contributed by atoms with Crippen LogP contribution in [0.1, 0.15) is 37.8 Å². The molecule has 0 aliphatic rings. The predicted octanol–water partition coefficient (Wildman–Crippen LogP) is 5.11.